The zero-order valence-electron chi connectivity index (χ0n) is 21.2. The van der Waals surface area contributed by atoms with Gasteiger partial charge in [-0.25, -0.2) is 4.98 Å². The van der Waals surface area contributed by atoms with E-state index in [1.165, 1.54) is 22.5 Å². The summed E-state index contributed by atoms with van der Waals surface area (Å²) in [6.45, 7) is 13.2. The molecule has 0 saturated carbocycles. The fourth-order valence-corrected chi connectivity index (χ4v) is 5.80. The molecular formula is C27H36N4O2S. The van der Waals surface area contributed by atoms with Gasteiger partial charge in [0.25, 0.3) is 0 Å². The van der Waals surface area contributed by atoms with Crippen molar-refractivity contribution in [3.8, 4) is 11.3 Å². The molecule has 4 rings (SSSR count). The summed E-state index contributed by atoms with van der Waals surface area (Å²) in [5.74, 6) is -0.00740. The Labute approximate surface area is 207 Å². The first kappa shape index (κ1) is 24.6. The van der Waals surface area contributed by atoms with Gasteiger partial charge in [0.15, 0.2) is 0 Å². The summed E-state index contributed by atoms with van der Waals surface area (Å²) >= 11 is 1.65. The summed E-state index contributed by atoms with van der Waals surface area (Å²) in [6.07, 6.45) is 2.61. The summed E-state index contributed by atoms with van der Waals surface area (Å²) in [5.41, 5.74) is 8.98. The number of hydrogen-bond donors (Lipinski definition) is 1. The van der Waals surface area contributed by atoms with E-state index in [0.717, 1.165) is 53.5 Å². The van der Waals surface area contributed by atoms with Gasteiger partial charge in [-0.3, -0.25) is 9.69 Å². The van der Waals surface area contributed by atoms with Crippen LogP contribution >= 0.6 is 11.3 Å². The van der Waals surface area contributed by atoms with Gasteiger partial charge in [0, 0.05) is 41.2 Å². The number of benzene rings is 1. The first-order valence-corrected chi connectivity index (χ1v) is 12.9. The molecule has 7 heteroatoms. The molecule has 1 fully saturated rings. The molecule has 1 saturated heterocycles. The van der Waals surface area contributed by atoms with E-state index in [2.05, 4.69) is 54.2 Å². The Morgan fingerprint density at radius 3 is 2.62 bits per heavy atom. The molecular weight excluding hydrogens is 444 g/mol. The number of nitrogens with one attached hydrogen (secondary N) is 1. The highest BCUT2D eigenvalue weighted by Crippen LogP contribution is 2.30. The minimum absolute atomic E-state index is 0.00740. The first-order valence-electron chi connectivity index (χ1n) is 12.0. The summed E-state index contributed by atoms with van der Waals surface area (Å²) < 4.78 is 8.20. The summed E-state index contributed by atoms with van der Waals surface area (Å²) in [6, 6.07) is 6.43. The average molecular weight is 481 g/mol. The quantitative estimate of drug-likeness (QED) is 0.469. The number of rotatable bonds is 8. The van der Waals surface area contributed by atoms with E-state index < -0.39 is 0 Å². The van der Waals surface area contributed by atoms with Crippen molar-refractivity contribution in [2.45, 2.75) is 66.7 Å². The third-order valence-electron chi connectivity index (χ3n) is 6.57. The van der Waals surface area contributed by atoms with Crippen molar-refractivity contribution >= 4 is 22.9 Å². The molecule has 1 amide bonds. The Morgan fingerprint density at radius 1 is 1.21 bits per heavy atom. The van der Waals surface area contributed by atoms with Crippen LogP contribution in [0.4, 0.5) is 5.69 Å². The zero-order chi connectivity index (χ0) is 24.4. The van der Waals surface area contributed by atoms with Crippen LogP contribution in [0.5, 0.6) is 0 Å². The van der Waals surface area contributed by atoms with Crippen molar-refractivity contribution in [1.29, 1.82) is 0 Å². The highest BCUT2D eigenvalue weighted by atomic mass is 32.1. The van der Waals surface area contributed by atoms with E-state index in [4.69, 9.17) is 9.72 Å². The first-order chi connectivity index (χ1) is 16.2. The van der Waals surface area contributed by atoms with Gasteiger partial charge in [-0.2, -0.15) is 0 Å². The second-order valence-corrected chi connectivity index (χ2v) is 10.6. The second kappa shape index (κ2) is 10.4. The van der Waals surface area contributed by atoms with Crippen molar-refractivity contribution in [3.05, 3.63) is 56.7 Å². The number of likely N-dealkylation sites (N-methyl/N-ethyl adjacent to an activating group) is 1. The van der Waals surface area contributed by atoms with Crippen LogP contribution in [0, 0.1) is 34.6 Å². The van der Waals surface area contributed by atoms with Gasteiger partial charge in [0.05, 0.1) is 24.9 Å². The van der Waals surface area contributed by atoms with Gasteiger partial charge in [-0.05, 0) is 71.7 Å². The summed E-state index contributed by atoms with van der Waals surface area (Å²) in [4.78, 5) is 19.6. The fraction of sp³-hybridized carbons (Fsp3) is 0.481. The molecule has 1 aliphatic heterocycles. The van der Waals surface area contributed by atoms with Gasteiger partial charge < -0.3 is 14.6 Å². The van der Waals surface area contributed by atoms with Crippen LogP contribution in [-0.2, 0) is 22.6 Å². The number of thiazole rings is 1. The van der Waals surface area contributed by atoms with E-state index in [-0.39, 0.29) is 5.91 Å². The minimum atomic E-state index is -0.00740. The van der Waals surface area contributed by atoms with Crippen LogP contribution in [0.2, 0.25) is 0 Å². The highest BCUT2D eigenvalue weighted by Gasteiger charge is 2.20. The van der Waals surface area contributed by atoms with Crippen molar-refractivity contribution in [3.63, 3.8) is 0 Å². The monoisotopic (exact) mass is 480 g/mol. The molecule has 0 aliphatic carbocycles. The molecule has 182 valence electrons. The Morgan fingerprint density at radius 2 is 1.94 bits per heavy atom. The second-order valence-electron chi connectivity index (χ2n) is 9.65. The lowest BCUT2D eigenvalue weighted by Gasteiger charge is -2.17. The topological polar surface area (TPSA) is 59.4 Å². The predicted octanol–water partition coefficient (Wildman–Crippen LogP) is 5.40. The standard InChI is InChI=1S/C27H36N4O2S/c1-17-10-18(2)27(19(3)11-17)29-25(32)14-30(6)15-26-28-24(16-34-26)23-12-20(4)31(21(23)5)13-22-8-7-9-33-22/h10-12,16,22H,7-9,13-15H2,1-6H3,(H,29,32). The van der Waals surface area contributed by atoms with E-state index in [1.54, 1.807) is 11.3 Å². The lowest BCUT2D eigenvalue weighted by Crippen LogP contribution is -2.30. The van der Waals surface area contributed by atoms with Gasteiger partial charge in [-0.1, -0.05) is 17.7 Å². The lowest BCUT2D eigenvalue weighted by atomic mass is 10.1. The summed E-state index contributed by atoms with van der Waals surface area (Å²) in [7, 11) is 1.96. The number of aromatic nitrogens is 2. The molecule has 0 radical (unpaired) electrons. The third-order valence-corrected chi connectivity index (χ3v) is 7.41. The maximum Gasteiger partial charge on any atom is 0.238 e. The highest BCUT2D eigenvalue weighted by molar-refractivity contribution is 7.09. The van der Waals surface area contributed by atoms with E-state index in [9.17, 15) is 4.79 Å². The number of amides is 1. The number of carbonyl (C=O) groups is 1. The smallest absolute Gasteiger partial charge is 0.238 e. The molecule has 3 aromatic rings. The molecule has 0 spiro atoms. The molecule has 1 atom stereocenters. The number of anilines is 1. The average Bonchev–Trinajstić information content (AvgIpc) is 3.49. The van der Waals surface area contributed by atoms with Crippen LogP contribution in [0.3, 0.4) is 0 Å². The molecule has 1 N–H and O–H groups in total. The van der Waals surface area contributed by atoms with E-state index in [1.807, 2.05) is 25.8 Å². The number of nitrogens with zero attached hydrogens (tertiary/aromatic N) is 3. The minimum Gasteiger partial charge on any atom is -0.376 e. The van der Waals surface area contributed by atoms with Crippen LogP contribution < -0.4 is 5.32 Å². The van der Waals surface area contributed by atoms with Crippen LogP contribution in [0.15, 0.2) is 23.6 Å². The maximum atomic E-state index is 12.7. The number of carbonyl (C=O) groups excluding carboxylic acids is 1. The molecule has 34 heavy (non-hydrogen) atoms. The molecule has 3 heterocycles. The normalized spacial score (nSPS) is 15.9. The van der Waals surface area contributed by atoms with Crippen LogP contribution in [0.25, 0.3) is 11.3 Å². The van der Waals surface area contributed by atoms with Crippen molar-refractivity contribution in [1.82, 2.24) is 14.5 Å². The largest absolute Gasteiger partial charge is 0.376 e. The number of ether oxygens (including phenoxy) is 1. The fourth-order valence-electron chi connectivity index (χ4n) is 4.93. The molecule has 6 nitrogen and oxygen atoms in total. The number of hydrogen-bond acceptors (Lipinski definition) is 5. The third kappa shape index (κ3) is 5.59. The Bertz CT molecular complexity index is 1150. The zero-order valence-corrected chi connectivity index (χ0v) is 22.0. The van der Waals surface area contributed by atoms with Gasteiger partial charge in [-0.15, -0.1) is 11.3 Å². The van der Waals surface area contributed by atoms with Crippen LogP contribution in [0.1, 0.15) is 45.9 Å². The van der Waals surface area contributed by atoms with Gasteiger partial charge in [0.1, 0.15) is 5.01 Å². The summed E-state index contributed by atoms with van der Waals surface area (Å²) in [5, 5.41) is 6.23. The molecule has 2 aromatic heterocycles. The van der Waals surface area contributed by atoms with Crippen molar-refractivity contribution < 1.29 is 9.53 Å². The van der Waals surface area contributed by atoms with Crippen LogP contribution in [-0.4, -0.2) is 46.7 Å². The van der Waals surface area contributed by atoms with E-state index in [0.29, 0.717) is 19.2 Å². The Kier molecular flexibility index (Phi) is 7.55. The number of aryl methyl sites for hydroxylation is 4. The van der Waals surface area contributed by atoms with Gasteiger partial charge >= 0.3 is 0 Å². The Balaban J connectivity index is 1.38. The van der Waals surface area contributed by atoms with Gasteiger partial charge in [0.2, 0.25) is 5.91 Å². The lowest BCUT2D eigenvalue weighted by molar-refractivity contribution is -0.117. The molecule has 0 bridgehead atoms. The predicted molar refractivity (Wildman–Crippen MR) is 140 cm³/mol. The molecule has 1 aromatic carbocycles. The molecule has 1 unspecified atom stereocenters. The molecule has 1 aliphatic rings. The Hall–Kier alpha value is -2.48. The maximum absolute atomic E-state index is 12.7. The SMILES string of the molecule is Cc1cc(C)c(NC(=O)CN(C)Cc2nc(-c3cc(C)n(CC4CCCO4)c3C)cs2)c(C)c1. The van der Waals surface area contributed by atoms with E-state index >= 15 is 0 Å². The van der Waals surface area contributed by atoms with Crippen molar-refractivity contribution in [2.24, 2.45) is 0 Å². The van der Waals surface area contributed by atoms with Crippen molar-refractivity contribution in [2.75, 3.05) is 25.5 Å².